The Kier molecular flexibility index (Phi) is 9.23. The highest BCUT2D eigenvalue weighted by molar-refractivity contribution is 5.89. The van der Waals surface area contributed by atoms with Crippen LogP contribution in [0.25, 0.3) is 0 Å². The number of ether oxygens (including phenoxy) is 4. The number of hydrogen-bond donors (Lipinski definition) is 0. The quantitative estimate of drug-likeness (QED) is 0.342. The molecule has 1 saturated carbocycles. The topological polar surface area (TPSA) is 87.2 Å². The Morgan fingerprint density at radius 1 is 1.12 bits per heavy atom. The standard InChI is InChI=1S/C34H46N2O6/c1-7-40-33(38)29-27(34(3,4)5)30(42-20-24-18-23(22-15-16-22)19-35-31(24)39-6)28(25-13-9-8-12-21(25)2)36(29)32(37)26-14-10-11-17-41-26/h8-9,12-13,18-19,22,26-30H,7,10-11,14-17,20H2,1-6H3/t26-,27+,28-,29-,30-/m0/s1. The molecular weight excluding hydrogens is 532 g/mol. The van der Waals surface area contributed by atoms with Crippen molar-refractivity contribution in [3.05, 3.63) is 58.8 Å². The van der Waals surface area contributed by atoms with Crippen molar-refractivity contribution < 1.29 is 28.5 Å². The SMILES string of the molecule is CCOC(=O)[C@@H]1[C@@H](C(C)(C)C)[C@H](OCc2cc(C3CC3)cnc2OC)[C@H](c2ccccc2C)N1C(=O)[C@@H]1CCCCO1. The third kappa shape index (κ3) is 6.20. The van der Waals surface area contributed by atoms with Gasteiger partial charge < -0.3 is 23.8 Å². The minimum Gasteiger partial charge on any atom is -0.481 e. The second-order valence-electron chi connectivity index (χ2n) is 13.0. The molecule has 5 atom stereocenters. The predicted molar refractivity (Wildman–Crippen MR) is 159 cm³/mol. The van der Waals surface area contributed by atoms with Crippen LogP contribution in [0.5, 0.6) is 5.88 Å². The lowest BCUT2D eigenvalue weighted by molar-refractivity contribution is -0.162. The predicted octanol–water partition coefficient (Wildman–Crippen LogP) is 5.91. The molecule has 1 aromatic heterocycles. The number of methoxy groups -OCH3 is 1. The maximum absolute atomic E-state index is 14.4. The number of aromatic nitrogens is 1. The van der Waals surface area contributed by atoms with Crippen LogP contribution < -0.4 is 4.74 Å². The molecule has 3 heterocycles. The Morgan fingerprint density at radius 2 is 1.88 bits per heavy atom. The van der Waals surface area contributed by atoms with E-state index in [1.807, 2.05) is 37.4 Å². The maximum atomic E-state index is 14.4. The summed E-state index contributed by atoms with van der Waals surface area (Å²) in [5, 5.41) is 0. The summed E-state index contributed by atoms with van der Waals surface area (Å²) in [6.07, 6.45) is 5.61. The first-order chi connectivity index (χ1) is 20.2. The van der Waals surface area contributed by atoms with E-state index in [2.05, 4.69) is 31.8 Å². The maximum Gasteiger partial charge on any atom is 0.329 e. The first-order valence-corrected chi connectivity index (χ1v) is 15.5. The van der Waals surface area contributed by atoms with E-state index in [1.54, 1.807) is 18.9 Å². The fourth-order valence-corrected chi connectivity index (χ4v) is 6.78. The van der Waals surface area contributed by atoms with Crippen molar-refractivity contribution in [3.63, 3.8) is 0 Å². The van der Waals surface area contributed by atoms with E-state index < -0.39 is 35.7 Å². The Bertz CT molecular complexity index is 1260. The molecule has 5 rings (SSSR count). The average Bonchev–Trinajstić information content (AvgIpc) is 3.77. The van der Waals surface area contributed by atoms with Gasteiger partial charge in [0.2, 0.25) is 5.88 Å². The number of carbonyl (C=O) groups excluding carboxylic acids is 2. The molecule has 0 spiro atoms. The van der Waals surface area contributed by atoms with Crippen LogP contribution >= 0.6 is 0 Å². The van der Waals surface area contributed by atoms with E-state index in [0.29, 0.717) is 24.8 Å². The van der Waals surface area contributed by atoms with E-state index in [1.165, 1.54) is 18.4 Å². The third-order valence-electron chi connectivity index (χ3n) is 8.97. The zero-order valence-electron chi connectivity index (χ0n) is 25.9. The fraction of sp³-hybridized carbons (Fsp3) is 0.618. The Morgan fingerprint density at radius 3 is 2.50 bits per heavy atom. The summed E-state index contributed by atoms with van der Waals surface area (Å²) in [6.45, 7) is 11.2. The van der Waals surface area contributed by atoms with Crippen molar-refractivity contribution in [3.8, 4) is 5.88 Å². The van der Waals surface area contributed by atoms with E-state index in [9.17, 15) is 9.59 Å². The monoisotopic (exact) mass is 578 g/mol. The molecule has 1 amide bonds. The highest BCUT2D eigenvalue weighted by atomic mass is 16.5. The van der Waals surface area contributed by atoms with Crippen molar-refractivity contribution in [2.24, 2.45) is 11.3 Å². The molecule has 1 aliphatic carbocycles. The lowest BCUT2D eigenvalue weighted by atomic mass is 9.73. The summed E-state index contributed by atoms with van der Waals surface area (Å²) in [7, 11) is 1.62. The number of benzene rings is 1. The second-order valence-corrected chi connectivity index (χ2v) is 13.0. The zero-order valence-corrected chi connectivity index (χ0v) is 25.9. The summed E-state index contributed by atoms with van der Waals surface area (Å²) < 4.78 is 24.2. The molecule has 3 fully saturated rings. The average molecular weight is 579 g/mol. The van der Waals surface area contributed by atoms with Crippen LogP contribution in [0.15, 0.2) is 36.5 Å². The van der Waals surface area contributed by atoms with E-state index in [0.717, 1.165) is 29.5 Å². The molecule has 42 heavy (non-hydrogen) atoms. The molecule has 2 aromatic rings. The molecule has 0 unspecified atom stereocenters. The van der Waals surface area contributed by atoms with Gasteiger partial charge in [0.15, 0.2) is 0 Å². The van der Waals surface area contributed by atoms with Crippen molar-refractivity contribution in [2.75, 3.05) is 20.3 Å². The third-order valence-corrected chi connectivity index (χ3v) is 8.97. The van der Waals surface area contributed by atoms with Crippen LogP contribution in [0.1, 0.15) is 94.0 Å². The van der Waals surface area contributed by atoms with E-state index in [4.69, 9.17) is 18.9 Å². The number of carbonyl (C=O) groups is 2. The van der Waals surface area contributed by atoms with Gasteiger partial charge in [-0.3, -0.25) is 4.79 Å². The van der Waals surface area contributed by atoms with Gasteiger partial charge in [-0.25, -0.2) is 9.78 Å². The Balaban J connectivity index is 1.61. The zero-order chi connectivity index (χ0) is 30.0. The van der Waals surface area contributed by atoms with Crippen molar-refractivity contribution in [1.29, 1.82) is 0 Å². The van der Waals surface area contributed by atoms with Crippen LogP contribution in [-0.2, 0) is 30.4 Å². The van der Waals surface area contributed by atoms with Crippen molar-refractivity contribution >= 4 is 11.9 Å². The van der Waals surface area contributed by atoms with Crippen molar-refractivity contribution in [1.82, 2.24) is 9.88 Å². The molecular formula is C34H46N2O6. The number of pyridine rings is 1. The molecule has 0 radical (unpaired) electrons. The minimum absolute atomic E-state index is 0.170. The number of hydrogen-bond acceptors (Lipinski definition) is 7. The summed E-state index contributed by atoms with van der Waals surface area (Å²) >= 11 is 0. The lowest BCUT2D eigenvalue weighted by Gasteiger charge is -2.36. The number of esters is 1. The number of aryl methyl sites for hydroxylation is 1. The molecule has 8 nitrogen and oxygen atoms in total. The smallest absolute Gasteiger partial charge is 0.329 e. The molecule has 2 saturated heterocycles. The van der Waals surface area contributed by atoms with Crippen LogP contribution in [0.2, 0.25) is 0 Å². The molecule has 0 N–H and O–H groups in total. The van der Waals surface area contributed by atoms with E-state index >= 15 is 0 Å². The van der Waals surface area contributed by atoms with Crippen LogP contribution in [-0.4, -0.2) is 60.3 Å². The molecule has 8 heteroatoms. The molecule has 2 aliphatic heterocycles. The second kappa shape index (κ2) is 12.7. The molecule has 228 valence electrons. The van der Waals surface area contributed by atoms with Gasteiger partial charge in [0.1, 0.15) is 12.1 Å². The first kappa shape index (κ1) is 30.5. The number of amides is 1. The van der Waals surface area contributed by atoms with Gasteiger partial charge in [-0.2, -0.15) is 0 Å². The Hall–Kier alpha value is -2.97. The summed E-state index contributed by atoms with van der Waals surface area (Å²) in [5.41, 5.74) is 3.66. The highest BCUT2D eigenvalue weighted by Gasteiger charge is 2.60. The van der Waals surface area contributed by atoms with Gasteiger partial charge in [0.25, 0.3) is 5.91 Å². The van der Waals surface area contributed by atoms with Crippen LogP contribution in [0, 0.1) is 18.3 Å². The fourth-order valence-electron chi connectivity index (χ4n) is 6.78. The normalized spacial score (nSPS) is 26.2. The van der Waals surface area contributed by atoms with Crippen molar-refractivity contribution in [2.45, 2.75) is 104 Å². The number of nitrogens with zero attached hydrogens (tertiary/aromatic N) is 2. The molecule has 0 bridgehead atoms. The number of rotatable bonds is 9. The van der Waals surface area contributed by atoms with Gasteiger partial charge in [0.05, 0.1) is 32.5 Å². The summed E-state index contributed by atoms with van der Waals surface area (Å²) in [5.74, 6) is 0.145. The van der Waals surface area contributed by atoms with Gasteiger partial charge in [0, 0.05) is 24.3 Å². The number of likely N-dealkylation sites (tertiary alicyclic amines) is 1. The van der Waals surface area contributed by atoms with Crippen LogP contribution in [0.4, 0.5) is 0 Å². The van der Waals surface area contributed by atoms with Gasteiger partial charge in [-0.1, -0.05) is 45.0 Å². The minimum atomic E-state index is -0.824. The highest BCUT2D eigenvalue weighted by Crippen LogP contribution is 2.51. The van der Waals surface area contributed by atoms with E-state index in [-0.39, 0.29) is 25.0 Å². The first-order valence-electron chi connectivity index (χ1n) is 15.5. The largest absolute Gasteiger partial charge is 0.481 e. The van der Waals surface area contributed by atoms with Gasteiger partial charge in [-0.15, -0.1) is 0 Å². The lowest BCUT2D eigenvalue weighted by Crippen LogP contribution is -2.51. The Labute approximate surface area is 250 Å². The summed E-state index contributed by atoms with van der Waals surface area (Å²) in [6, 6.07) is 8.86. The van der Waals surface area contributed by atoms with Crippen LogP contribution in [0.3, 0.4) is 0 Å². The van der Waals surface area contributed by atoms with Gasteiger partial charge in [-0.05, 0) is 80.0 Å². The molecule has 1 aromatic carbocycles. The summed E-state index contributed by atoms with van der Waals surface area (Å²) in [4.78, 5) is 34.6. The molecule has 3 aliphatic rings. The van der Waals surface area contributed by atoms with Gasteiger partial charge >= 0.3 is 5.97 Å².